The molecule has 0 atom stereocenters. The lowest BCUT2D eigenvalue weighted by molar-refractivity contribution is 0.580. The van der Waals surface area contributed by atoms with Crippen molar-refractivity contribution in [2.75, 3.05) is 10.8 Å². The van der Waals surface area contributed by atoms with E-state index in [-0.39, 0.29) is 5.03 Å². The van der Waals surface area contributed by atoms with Crippen LogP contribution in [-0.4, -0.2) is 29.6 Å². The lowest BCUT2D eigenvalue weighted by Crippen LogP contribution is -2.33. The average Bonchev–Trinajstić information content (AvgIpc) is 3.29. The number of aromatic nitrogens is 3. The van der Waals surface area contributed by atoms with Gasteiger partial charge in [0.1, 0.15) is 0 Å². The van der Waals surface area contributed by atoms with Crippen molar-refractivity contribution in [1.29, 1.82) is 0 Å². The fourth-order valence-electron chi connectivity index (χ4n) is 2.57. The molecule has 118 valence electrons. The van der Waals surface area contributed by atoms with Gasteiger partial charge < -0.3 is 0 Å². The molecule has 7 heteroatoms. The summed E-state index contributed by atoms with van der Waals surface area (Å²) in [6.45, 7) is 0.492. The van der Waals surface area contributed by atoms with Crippen molar-refractivity contribution in [2.24, 2.45) is 5.92 Å². The van der Waals surface area contributed by atoms with Crippen molar-refractivity contribution in [2.45, 2.75) is 17.9 Å². The van der Waals surface area contributed by atoms with Crippen LogP contribution in [0.25, 0.3) is 5.65 Å². The fraction of sp³-hybridized carbons (Fsp3) is 0.250. The van der Waals surface area contributed by atoms with Crippen molar-refractivity contribution < 1.29 is 8.42 Å². The molecule has 0 bridgehead atoms. The molecule has 0 radical (unpaired) electrons. The molecular weight excluding hydrogens is 312 g/mol. The largest absolute Gasteiger partial charge is 0.283 e. The van der Waals surface area contributed by atoms with Crippen molar-refractivity contribution in [3.8, 4) is 0 Å². The van der Waals surface area contributed by atoms with Crippen LogP contribution in [-0.2, 0) is 10.0 Å². The Bertz CT molecular complexity index is 933. The van der Waals surface area contributed by atoms with Gasteiger partial charge in [-0.25, -0.2) is 9.50 Å². The summed E-state index contributed by atoms with van der Waals surface area (Å²) in [5, 5.41) is 4.22. The SMILES string of the molecule is O=S(=O)(c1cnc2cccnn12)N(CC1CC1)c1ccccc1. The fourth-order valence-corrected chi connectivity index (χ4v) is 4.15. The number of nitrogens with zero attached hydrogens (tertiary/aromatic N) is 4. The lowest BCUT2D eigenvalue weighted by atomic mass is 10.3. The number of rotatable bonds is 5. The Labute approximate surface area is 134 Å². The predicted octanol–water partition coefficient (Wildman–Crippen LogP) is 2.33. The van der Waals surface area contributed by atoms with Crippen LogP contribution in [0.2, 0.25) is 0 Å². The number of fused-ring (bicyclic) bond motifs is 1. The summed E-state index contributed by atoms with van der Waals surface area (Å²) in [5.41, 5.74) is 1.19. The van der Waals surface area contributed by atoms with Gasteiger partial charge in [0.2, 0.25) is 0 Å². The second-order valence-electron chi connectivity index (χ2n) is 5.71. The van der Waals surface area contributed by atoms with Crippen LogP contribution >= 0.6 is 0 Å². The molecule has 0 amide bonds. The number of imidazole rings is 1. The van der Waals surface area contributed by atoms with E-state index in [1.165, 1.54) is 15.0 Å². The zero-order chi connectivity index (χ0) is 15.9. The quantitative estimate of drug-likeness (QED) is 0.721. The normalized spacial score (nSPS) is 15.0. The number of sulfonamides is 1. The van der Waals surface area contributed by atoms with E-state index >= 15 is 0 Å². The molecule has 0 unspecified atom stereocenters. The van der Waals surface area contributed by atoms with Crippen LogP contribution in [0.5, 0.6) is 0 Å². The lowest BCUT2D eigenvalue weighted by Gasteiger charge is -2.23. The Morgan fingerprint density at radius 3 is 2.65 bits per heavy atom. The predicted molar refractivity (Wildman–Crippen MR) is 86.7 cm³/mol. The van der Waals surface area contributed by atoms with E-state index in [0.717, 1.165) is 12.8 Å². The summed E-state index contributed by atoms with van der Waals surface area (Å²) in [4.78, 5) is 4.15. The Morgan fingerprint density at radius 1 is 1.13 bits per heavy atom. The van der Waals surface area contributed by atoms with Crippen molar-refractivity contribution >= 4 is 21.4 Å². The van der Waals surface area contributed by atoms with E-state index in [4.69, 9.17) is 0 Å². The third-order valence-corrected chi connectivity index (χ3v) is 5.71. The van der Waals surface area contributed by atoms with E-state index in [2.05, 4.69) is 10.1 Å². The van der Waals surface area contributed by atoms with Gasteiger partial charge in [-0.1, -0.05) is 18.2 Å². The highest BCUT2D eigenvalue weighted by Crippen LogP contribution is 2.34. The Kier molecular flexibility index (Phi) is 3.30. The number of hydrogen-bond donors (Lipinski definition) is 0. The standard InChI is InChI=1S/C16H16N4O2S/c21-23(22,16-11-17-15-7-4-10-18-20(15)16)19(12-13-8-9-13)14-5-2-1-3-6-14/h1-7,10-11,13H,8-9,12H2. The van der Waals surface area contributed by atoms with Crippen molar-refractivity contribution in [3.05, 3.63) is 54.9 Å². The first kappa shape index (κ1) is 14.2. The molecule has 0 saturated heterocycles. The van der Waals surface area contributed by atoms with Gasteiger partial charge >= 0.3 is 0 Å². The molecule has 4 rings (SSSR count). The second kappa shape index (κ2) is 5.34. The summed E-state index contributed by atoms with van der Waals surface area (Å²) >= 11 is 0. The number of para-hydroxylation sites is 1. The van der Waals surface area contributed by atoms with Crippen molar-refractivity contribution in [3.63, 3.8) is 0 Å². The van der Waals surface area contributed by atoms with E-state index in [9.17, 15) is 8.42 Å². The number of benzene rings is 1. The number of hydrogen-bond acceptors (Lipinski definition) is 4. The van der Waals surface area contributed by atoms with Gasteiger partial charge in [0.25, 0.3) is 10.0 Å². The third kappa shape index (κ3) is 2.57. The van der Waals surface area contributed by atoms with E-state index < -0.39 is 10.0 Å². The summed E-state index contributed by atoms with van der Waals surface area (Å²) in [5.74, 6) is 0.428. The number of anilines is 1. The van der Waals surface area contributed by atoms with Crippen LogP contribution in [0, 0.1) is 5.92 Å². The summed E-state index contributed by atoms with van der Waals surface area (Å²) < 4.78 is 29.2. The van der Waals surface area contributed by atoms with Crippen LogP contribution in [0.1, 0.15) is 12.8 Å². The first-order valence-electron chi connectivity index (χ1n) is 7.53. The molecule has 1 aromatic carbocycles. The van der Waals surface area contributed by atoms with Gasteiger partial charge in [0.05, 0.1) is 11.9 Å². The molecule has 1 fully saturated rings. The smallest absolute Gasteiger partial charge is 0.265 e. The molecule has 3 aromatic rings. The molecule has 2 heterocycles. The molecule has 0 aliphatic heterocycles. The second-order valence-corrected chi connectivity index (χ2v) is 7.51. The highest BCUT2D eigenvalue weighted by atomic mass is 32.2. The highest BCUT2D eigenvalue weighted by molar-refractivity contribution is 7.92. The third-order valence-electron chi connectivity index (χ3n) is 3.97. The Morgan fingerprint density at radius 2 is 1.91 bits per heavy atom. The topological polar surface area (TPSA) is 67.6 Å². The maximum atomic E-state index is 13.2. The van der Waals surface area contributed by atoms with Crippen LogP contribution < -0.4 is 4.31 Å². The summed E-state index contributed by atoms with van der Waals surface area (Å²) in [7, 11) is -3.72. The van der Waals surface area contributed by atoms with Gasteiger partial charge in [-0.2, -0.15) is 13.5 Å². The van der Waals surface area contributed by atoms with E-state index in [0.29, 0.717) is 23.8 Å². The zero-order valence-corrected chi connectivity index (χ0v) is 13.2. The monoisotopic (exact) mass is 328 g/mol. The molecule has 1 aliphatic carbocycles. The molecule has 6 nitrogen and oxygen atoms in total. The molecule has 2 aromatic heterocycles. The highest BCUT2D eigenvalue weighted by Gasteiger charge is 2.34. The molecular formula is C16H16N4O2S. The van der Waals surface area contributed by atoms with Crippen LogP contribution in [0.3, 0.4) is 0 Å². The van der Waals surface area contributed by atoms with Crippen LogP contribution in [0.4, 0.5) is 5.69 Å². The molecule has 0 spiro atoms. The van der Waals surface area contributed by atoms with E-state index in [1.807, 2.05) is 30.3 Å². The van der Waals surface area contributed by atoms with Gasteiger partial charge in [-0.15, -0.1) is 0 Å². The minimum atomic E-state index is -3.72. The van der Waals surface area contributed by atoms with Crippen molar-refractivity contribution in [1.82, 2.24) is 14.6 Å². The minimum absolute atomic E-state index is 0.0950. The molecule has 0 N–H and O–H groups in total. The average molecular weight is 328 g/mol. The summed E-state index contributed by atoms with van der Waals surface area (Å²) in [6.07, 6.45) is 5.08. The Balaban J connectivity index is 1.83. The van der Waals surface area contributed by atoms with E-state index in [1.54, 1.807) is 18.3 Å². The first-order chi connectivity index (χ1) is 11.2. The maximum absolute atomic E-state index is 13.2. The summed E-state index contributed by atoms with van der Waals surface area (Å²) in [6, 6.07) is 12.7. The Hall–Kier alpha value is -2.41. The van der Waals surface area contributed by atoms with Gasteiger partial charge in [0, 0.05) is 12.7 Å². The molecule has 23 heavy (non-hydrogen) atoms. The molecule has 1 saturated carbocycles. The van der Waals surface area contributed by atoms with Gasteiger partial charge in [-0.3, -0.25) is 4.31 Å². The molecule has 1 aliphatic rings. The van der Waals surface area contributed by atoms with Crippen LogP contribution in [0.15, 0.2) is 59.9 Å². The minimum Gasteiger partial charge on any atom is -0.265 e. The maximum Gasteiger partial charge on any atom is 0.283 e. The van der Waals surface area contributed by atoms with Gasteiger partial charge in [-0.05, 0) is 43.0 Å². The van der Waals surface area contributed by atoms with Gasteiger partial charge in [0.15, 0.2) is 10.7 Å². The first-order valence-corrected chi connectivity index (χ1v) is 8.97. The zero-order valence-electron chi connectivity index (χ0n) is 12.4.